The average Bonchev–Trinajstić information content (AvgIpc) is 2.23. The van der Waals surface area contributed by atoms with Gasteiger partial charge in [0.2, 0.25) is 0 Å². The van der Waals surface area contributed by atoms with Gasteiger partial charge in [-0.15, -0.1) is 0 Å². The number of nitro benzene ring substituents is 1. The molecule has 0 saturated heterocycles. The molecule has 0 saturated carbocycles. The number of nitro groups is 1. The average molecular weight is 208 g/mol. The van der Waals surface area contributed by atoms with E-state index in [1.54, 1.807) is 6.07 Å². The summed E-state index contributed by atoms with van der Waals surface area (Å²) in [6.07, 6.45) is 0. The third-order valence-corrected chi connectivity index (χ3v) is 2.23. The van der Waals surface area contributed by atoms with Gasteiger partial charge >= 0.3 is 0 Å². The smallest absolute Gasteiger partial charge is 0.267 e. The molecule has 0 radical (unpaired) electrons. The van der Waals surface area contributed by atoms with E-state index in [9.17, 15) is 14.9 Å². The fourth-order valence-electron chi connectivity index (χ4n) is 1.40. The first-order valence-electron chi connectivity index (χ1n) is 4.28. The standard InChI is InChI=1S/C9H8N2O4/c1-10-9(12)8-4-7(11(13)14)3-2-6(8)5-15-10/h2-4H,5H2,1H3. The number of hydroxylamine groups is 2. The first kappa shape index (κ1) is 9.60. The van der Waals surface area contributed by atoms with E-state index >= 15 is 0 Å². The highest BCUT2D eigenvalue weighted by molar-refractivity contribution is 5.96. The number of nitrogens with zero attached hydrogens (tertiary/aromatic N) is 2. The summed E-state index contributed by atoms with van der Waals surface area (Å²) in [5, 5.41) is 11.6. The van der Waals surface area contributed by atoms with Crippen LogP contribution >= 0.6 is 0 Å². The molecule has 0 N–H and O–H groups in total. The zero-order valence-corrected chi connectivity index (χ0v) is 7.97. The van der Waals surface area contributed by atoms with E-state index < -0.39 is 4.92 Å². The van der Waals surface area contributed by atoms with Crippen LogP contribution in [0.4, 0.5) is 5.69 Å². The van der Waals surface area contributed by atoms with Gasteiger partial charge in [0.25, 0.3) is 11.6 Å². The molecule has 0 fully saturated rings. The Morgan fingerprint density at radius 3 is 2.93 bits per heavy atom. The molecule has 15 heavy (non-hydrogen) atoms. The van der Waals surface area contributed by atoms with Crippen molar-refractivity contribution in [3.63, 3.8) is 0 Å². The van der Waals surface area contributed by atoms with Crippen molar-refractivity contribution in [2.24, 2.45) is 0 Å². The maximum Gasteiger partial charge on any atom is 0.277 e. The van der Waals surface area contributed by atoms with Crippen LogP contribution in [0.25, 0.3) is 0 Å². The Hall–Kier alpha value is -1.95. The molecule has 1 aliphatic rings. The van der Waals surface area contributed by atoms with Crippen LogP contribution in [0.3, 0.4) is 0 Å². The first-order chi connectivity index (χ1) is 7.09. The molecular formula is C9H8N2O4. The number of fused-ring (bicyclic) bond motifs is 1. The highest BCUT2D eigenvalue weighted by atomic mass is 16.7. The molecule has 0 atom stereocenters. The van der Waals surface area contributed by atoms with Gasteiger partial charge in [0.05, 0.1) is 10.5 Å². The van der Waals surface area contributed by atoms with E-state index in [0.717, 1.165) is 5.06 Å². The minimum atomic E-state index is -0.525. The van der Waals surface area contributed by atoms with E-state index in [1.807, 2.05) is 0 Å². The molecule has 1 amide bonds. The van der Waals surface area contributed by atoms with Crippen LogP contribution in [-0.4, -0.2) is 22.9 Å². The third kappa shape index (κ3) is 1.55. The number of hydrogen-bond acceptors (Lipinski definition) is 4. The van der Waals surface area contributed by atoms with Gasteiger partial charge in [-0.3, -0.25) is 19.7 Å². The zero-order valence-electron chi connectivity index (χ0n) is 7.97. The monoisotopic (exact) mass is 208 g/mol. The van der Waals surface area contributed by atoms with Gasteiger partial charge in [-0.1, -0.05) is 0 Å². The number of carbonyl (C=O) groups is 1. The maximum absolute atomic E-state index is 11.6. The van der Waals surface area contributed by atoms with Crippen LogP contribution in [-0.2, 0) is 11.4 Å². The lowest BCUT2D eigenvalue weighted by atomic mass is 10.1. The van der Waals surface area contributed by atoms with E-state index in [2.05, 4.69) is 0 Å². The summed E-state index contributed by atoms with van der Waals surface area (Å²) in [7, 11) is 1.48. The molecular weight excluding hydrogens is 200 g/mol. The van der Waals surface area contributed by atoms with Gasteiger partial charge in [-0.05, 0) is 11.6 Å². The van der Waals surface area contributed by atoms with Crippen molar-refractivity contribution in [2.45, 2.75) is 6.61 Å². The molecule has 1 aliphatic heterocycles. The fourth-order valence-corrected chi connectivity index (χ4v) is 1.40. The predicted octanol–water partition coefficient (Wildman–Crippen LogP) is 1.11. The van der Waals surface area contributed by atoms with Crippen molar-refractivity contribution in [1.82, 2.24) is 5.06 Å². The molecule has 6 heteroatoms. The van der Waals surface area contributed by atoms with Crippen molar-refractivity contribution >= 4 is 11.6 Å². The highest BCUT2D eigenvalue weighted by Gasteiger charge is 2.24. The summed E-state index contributed by atoms with van der Waals surface area (Å²) >= 11 is 0. The van der Waals surface area contributed by atoms with E-state index in [1.165, 1.54) is 19.2 Å². The predicted molar refractivity (Wildman–Crippen MR) is 50.0 cm³/mol. The van der Waals surface area contributed by atoms with Crippen LogP contribution in [0, 0.1) is 10.1 Å². The first-order valence-corrected chi connectivity index (χ1v) is 4.28. The lowest BCUT2D eigenvalue weighted by Gasteiger charge is -2.23. The van der Waals surface area contributed by atoms with Gasteiger partial charge < -0.3 is 0 Å². The van der Waals surface area contributed by atoms with Crippen LogP contribution < -0.4 is 0 Å². The Kier molecular flexibility index (Phi) is 2.12. The summed E-state index contributed by atoms with van der Waals surface area (Å²) in [4.78, 5) is 26.6. The Balaban J connectivity index is 2.50. The summed E-state index contributed by atoms with van der Waals surface area (Å²) in [5.41, 5.74) is 0.916. The highest BCUT2D eigenvalue weighted by Crippen LogP contribution is 2.23. The lowest BCUT2D eigenvalue weighted by molar-refractivity contribution is -0.384. The van der Waals surface area contributed by atoms with Gasteiger partial charge in [-0.2, -0.15) is 0 Å². The molecule has 0 bridgehead atoms. The van der Waals surface area contributed by atoms with Gasteiger partial charge in [0, 0.05) is 19.2 Å². The molecule has 0 aromatic heterocycles. The van der Waals surface area contributed by atoms with Crippen molar-refractivity contribution in [3.05, 3.63) is 39.4 Å². The number of rotatable bonds is 1. The molecule has 1 aromatic rings. The Labute approximate surface area is 85.2 Å². The topological polar surface area (TPSA) is 72.7 Å². The molecule has 0 spiro atoms. The summed E-state index contributed by atoms with van der Waals surface area (Å²) in [5.74, 6) is -0.361. The Morgan fingerprint density at radius 2 is 2.27 bits per heavy atom. The summed E-state index contributed by atoms with van der Waals surface area (Å²) in [6, 6.07) is 4.18. The molecule has 1 heterocycles. The van der Waals surface area contributed by atoms with Gasteiger partial charge in [-0.25, -0.2) is 5.06 Å². The number of amides is 1. The summed E-state index contributed by atoms with van der Waals surface area (Å²) in [6.45, 7) is 0.259. The SMILES string of the molecule is CN1OCc2ccc([N+](=O)[O-])cc2C1=O. The van der Waals surface area contributed by atoms with Crippen molar-refractivity contribution in [1.29, 1.82) is 0 Å². The maximum atomic E-state index is 11.6. The minimum absolute atomic E-state index is 0.0857. The van der Waals surface area contributed by atoms with E-state index in [0.29, 0.717) is 11.1 Å². The molecule has 1 aromatic carbocycles. The normalized spacial score (nSPS) is 15.0. The quantitative estimate of drug-likeness (QED) is 0.512. The minimum Gasteiger partial charge on any atom is -0.267 e. The van der Waals surface area contributed by atoms with Crippen LogP contribution in [0.15, 0.2) is 18.2 Å². The Bertz CT molecular complexity index is 444. The van der Waals surface area contributed by atoms with Crippen LogP contribution in [0.2, 0.25) is 0 Å². The van der Waals surface area contributed by atoms with Crippen LogP contribution in [0.1, 0.15) is 15.9 Å². The third-order valence-electron chi connectivity index (χ3n) is 2.23. The second kappa shape index (κ2) is 3.32. The van der Waals surface area contributed by atoms with Crippen molar-refractivity contribution in [3.8, 4) is 0 Å². The van der Waals surface area contributed by atoms with Gasteiger partial charge in [0.1, 0.15) is 6.61 Å². The van der Waals surface area contributed by atoms with E-state index in [4.69, 9.17) is 4.84 Å². The van der Waals surface area contributed by atoms with Crippen LogP contribution in [0.5, 0.6) is 0 Å². The number of non-ortho nitro benzene ring substituents is 1. The summed E-state index contributed by atoms with van der Waals surface area (Å²) < 4.78 is 0. The molecule has 78 valence electrons. The molecule has 0 unspecified atom stereocenters. The Morgan fingerprint density at radius 1 is 1.53 bits per heavy atom. The molecule has 6 nitrogen and oxygen atoms in total. The van der Waals surface area contributed by atoms with E-state index in [-0.39, 0.29) is 18.2 Å². The zero-order chi connectivity index (χ0) is 11.0. The molecule has 2 rings (SSSR count). The van der Waals surface area contributed by atoms with Crippen molar-refractivity contribution in [2.75, 3.05) is 7.05 Å². The lowest BCUT2D eigenvalue weighted by Crippen LogP contribution is -2.32. The number of benzene rings is 1. The molecule has 0 aliphatic carbocycles. The second-order valence-corrected chi connectivity index (χ2v) is 3.17. The van der Waals surface area contributed by atoms with Gasteiger partial charge in [0.15, 0.2) is 0 Å². The fraction of sp³-hybridized carbons (Fsp3) is 0.222. The largest absolute Gasteiger partial charge is 0.277 e. The number of hydrogen-bond donors (Lipinski definition) is 0. The van der Waals surface area contributed by atoms with Crippen molar-refractivity contribution < 1.29 is 14.6 Å². The second-order valence-electron chi connectivity index (χ2n) is 3.17. The number of carbonyl (C=O) groups excluding carboxylic acids is 1.